The summed E-state index contributed by atoms with van der Waals surface area (Å²) in [6.45, 7) is 8.60. The van der Waals surface area contributed by atoms with E-state index >= 15 is 0 Å². The minimum absolute atomic E-state index is 0.312. The van der Waals surface area contributed by atoms with E-state index in [0.717, 1.165) is 13.1 Å². The van der Waals surface area contributed by atoms with Crippen LogP contribution in [0.3, 0.4) is 0 Å². The van der Waals surface area contributed by atoms with Gasteiger partial charge in [0.1, 0.15) is 17.3 Å². The highest BCUT2D eigenvalue weighted by molar-refractivity contribution is 7.91. The third-order valence-electron chi connectivity index (χ3n) is 4.58. The lowest BCUT2D eigenvalue weighted by molar-refractivity contribution is -0.118. The highest BCUT2D eigenvalue weighted by Gasteiger charge is 2.22. The van der Waals surface area contributed by atoms with Crippen molar-refractivity contribution in [3.63, 3.8) is 0 Å². The number of carbonyl (C=O) groups is 1. The van der Waals surface area contributed by atoms with Gasteiger partial charge >= 0.3 is 0 Å². The monoisotopic (exact) mass is 423 g/mol. The maximum Gasteiger partial charge on any atom is 0.235 e. The first kappa shape index (κ1) is 22.9. The molecule has 0 saturated carbocycles. The number of rotatable bonds is 11. The zero-order chi connectivity index (χ0) is 21.4. The van der Waals surface area contributed by atoms with E-state index in [0.29, 0.717) is 41.7 Å². The summed E-state index contributed by atoms with van der Waals surface area (Å²) < 4.78 is 35.6. The van der Waals surface area contributed by atoms with Crippen LogP contribution in [-0.4, -0.2) is 63.3 Å². The summed E-state index contributed by atoms with van der Waals surface area (Å²) in [6, 6.07) is 7.11. The third-order valence-corrected chi connectivity index (χ3v) is 6.00. The number of oxazole rings is 1. The highest BCUT2D eigenvalue weighted by atomic mass is 32.2. The number of nitrogens with one attached hydrogen (secondary N) is 1. The van der Waals surface area contributed by atoms with E-state index < -0.39 is 21.5 Å². The van der Waals surface area contributed by atoms with E-state index in [2.05, 4.69) is 15.2 Å². The van der Waals surface area contributed by atoms with Crippen molar-refractivity contribution >= 4 is 15.7 Å². The third kappa shape index (κ3) is 6.86. The number of benzene rings is 1. The van der Waals surface area contributed by atoms with Gasteiger partial charge in [0.05, 0.1) is 18.6 Å². The second-order valence-electron chi connectivity index (χ2n) is 6.66. The van der Waals surface area contributed by atoms with Gasteiger partial charge in [-0.25, -0.2) is 13.4 Å². The summed E-state index contributed by atoms with van der Waals surface area (Å²) in [4.78, 5) is 18.5. The largest absolute Gasteiger partial charge is 0.497 e. The number of nitrogens with zero attached hydrogens (tertiary/aromatic N) is 2. The molecule has 9 heteroatoms. The van der Waals surface area contributed by atoms with Crippen molar-refractivity contribution in [3.8, 4) is 17.2 Å². The summed E-state index contributed by atoms with van der Waals surface area (Å²) in [5.41, 5.74) is 1.03. The van der Waals surface area contributed by atoms with Gasteiger partial charge in [0.2, 0.25) is 11.8 Å². The van der Waals surface area contributed by atoms with E-state index in [1.54, 1.807) is 38.3 Å². The van der Waals surface area contributed by atoms with Crippen molar-refractivity contribution in [2.75, 3.05) is 39.0 Å². The number of hydrogen-bond acceptors (Lipinski definition) is 7. The van der Waals surface area contributed by atoms with Crippen molar-refractivity contribution < 1.29 is 22.4 Å². The maximum absolute atomic E-state index is 12.4. The number of likely N-dealkylation sites (N-methyl/N-ethyl adjacent to an activating group) is 1. The number of amides is 1. The topological polar surface area (TPSA) is 102 Å². The van der Waals surface area contributed by atoms with Gasteiger partial charge in [0.25, 0.3) is 0 Å². The van der Waals surface area contributed by atoms with Gasteiger partial charge in [-0.1, -0.05) is 13.8 Å². The highest BCUT2D eigenvalue weighted by Crippen LogP contribution is 2.24. The Balaban J connectivity index is 1.97. The number of methoxy groups -OCH3 is 1. The number of aryl methyl sites for hydroxylation is 1. The predicted molar refractivity (Wildman–Crippen MR) is 112 cm³/mol. The van der Waals surface area contributed by atoms with Gasteiger partial charge in [0.15, 0.2) is 9.84 Å². The molecule has 1 aromatic heterocycles. The Bertz CT molecular complexity index is 903. The maximum atomic E-state index is 12.4. The molecule has 0 aliphatic rings. The lowest BCUT2D eigenvalue weighted by Gasteiger charge is -2.17. The summed E-state index contributed by atoms with van der Waals surface area (Å²) >= 11 is 0. The van der Waals surface area contributed by atoms with Crippen LogP contribution in [0.25, 0.3) is 11.5 Å². The second-order valence-corrected chi connectivity index (χ2v) is 8.72. The molecule has 160 valence electrons. The van der Waals surface area contributed by atoms with Crippen LogP contribution >= 0.6 is 0 Å². The van der Waals surface area contributed by atoms with E-state index in [9.17, 15) is 13.2 Å². The average Bonchev–Trinajstić information content (AvgIpc) is 3.04. The van der Waals surface area contributed by atoms with Gasteiger partial charge in [-0.2, -0.15) is 0 Å². The van der Waals surface area contributed by atoms with Gasteiger partial charge in [0, 0.05) is 18.7 Å². The molecule has 8 nitrogen and oxygen atoms in total. The molecule has 0 spiro atoms. The normalized spacial score (nSPS) is 11.6. The zero-order valence-electron chi connectivity index (χ0n) is 17.4. The van der Waals surface area contributed by atoms with Crippen LogP contribution in [0.2, 0.25) is 0 Å². The number of ether oxygens (including phenoxy) is 1. The molecule has 2 rings (SSSR count). The van der Waals surface area contributed by atoms with Crippen LogP contribution in [0.15, 0.2) is 28.7 Å². The van der Waals surface area contributed by atoms with Crippen LogP contribution in [-0.2, 0) is 20.4 Å². The fourth-order valence-corrected chi connectivity index (χ4v) is 4.11. The molecular formula is C20H29N3O5S. The Morgan fingerprint density at radius 1 is 1.21 bits per heavy atom. The molecule has 0 atom stereocenters. The number of sulfone groups is 1. The SMILES string of the molecule is CCN(CC)CCNC(=O)CS(=O)(=O)Cc1nc(-c2ccc(OC)cc2)oc1C. The molecule has 1 aromatic carbocycles. The molecule has 1 heterocycles. The Kier molecular flexibility index (Phi) is 8.21. The van der Waals surface area contributed by atoms with Crippen LogP contribution in [0.5, 0.6) is 5.75 Å². The van der Waals surface area contributed by atoms with Crippen molar-refractivity contribution in [1.29, 1.82) is 0 Å². The number of aromatic nitrogens is 1. The zero-order valence-corrected chi connectivity index (χ0v) is 18.2. The van der Waals surface area contributed by atoms with Crippen LogP contribution in [0.4, 0.5) is 0 Å². The number of hydrogen-bond donors (Lipinski definition) is 1. The summed E-state index contributed by atoms with van der Waals surface area (Å²) in [5, 5.41) is 2.66. The lowest BCUT2D eigenvalue weighted by atomic mass is 10.2. The molecule has 1 amide bonds. The summed E-state index contributed by atoms with van der Waals surface area (Å²) in [6.07, 6.45) is 0. The van der Waals surface area contributed by atoms with Crippen molar-refractivity contribution in [2.24, 2.45) is 0 Å². The molecule has 0 radical (unpaired) electrons. The van der Waals surface area contributed by atoms with Gasteiger partial charge in [-0.3, -0.25) is 4.79 Å². The Morgan fingerprint density at radius 3 is 2.45 bits per heavy atom. The van der Waals surface area contributed by atoms with Crippen molar-refractivity contribution in [2.45, 2.75) is 26.5 Å². The van der Waals surface area contributed by atoms with Crippen LogP contribution in [0, 0.1) is 6.92 Å². The van der Waals surface area contributed by atoms with Crippen molar-refractivity contribution in [3.05, 3.63) is 35.7 Å². The smallest absolute Gasteiger partial charge is 0.235 e. The Morgan fingerprint density at radius 2 is 1.86 bits per heavy atom. The molecule has 0 fully saturated rings. The van der Waals surface area contributed by atoms with Crippen LogP contribution < -0.4 is 10.1 Å². The molecule has 29 heavy (non-hydrogen) atoms. The molecule has 1 N–H and O–H groups in total. The molecule has 2 aromatic rings. The van der Waals surface area contributed by atoms with Gasteiger partial charge in [-0.15, -0.1) is 0 Å². The minimum atomic E-state index is -3.67. The lowest BCUT2D eigenvalue weighted by Crippen LogP contribution is -2.37. The molecule has 0 saturated heterocycles. The fourth-order valence-electron chi connectivity index (χ4n) is 2.82. The molecule has 0 bridgehead atoms. The molecule has 0 unspecified atom stereocenters. The summed E-state index contributed by atoms with van der Waals surface area (Å²) in [7, 11) is -2.09. The van der Waals surface area contributed by atoms with E-state index in [4.69, 9.17) is 9.15 Å². The Hall–Kier alpha value is -2.39. The second kappa shape index (κ2) is 10.4. The first-order valence-electron chi connectivity index (χ1n) is 9.58. The molecule has 0 aliphatic carbocycles. The van der Waals surface area contributed by atoms with Crippen LogP contribution in [0.1, 0.15) is 25.3 Å². The van der Waals surface area contributed by atoms with E-state index in [1.807, 2.05) is 13.8 Å². The first-order valence-corrected chi connectivity index (χ1v) is 11.4. The quantitative estimate of drug-likeness (QED) is 0.590. The first-order chi connectivity index (χ1) is 13.8. The average molecular weight is 424 g/mol. The fraction of sp³-hybridized carbons (Fsp3) is 0.500. The summed E-state index contributed by atoms with van der Waals surface area (Å²) in [5.74, 6) is 0.0260. The molecule has 0 aliphatic heterocycles. The van der Waals surface area contributed by atoms with Gasteiger partial charge in [-0.05, 0) is 44.3 Å². The molecular weight excluding hydrogens is 394 g/mol. The predicted octanol–water partition coefficient (Wildman–Crippen LogP) is 2.03. The minimum Gasteiger partial charge on any atom is -0.497 e. The van der Waals surface area contributed by atoms with E-state index in [-0.39, 0.29) is 5.75 Å². The number of carbonyl (C=O) groups excluding carboxylic acids is 1. The van der Waals surface area contributed by atoms with Gasteiger partial charge < -0.3 is 19.4 Å². The van der Waals surface area contributed by atoms with Crippen molar-refractivity contribution in [1.82, 2.24) is 15.2 Å². The Labute approximate surface area is 172 Å². The standard InChI is InChI=1S/C20H29N3O5S/c1-5-23(6-2)12-11-21-19(24)14-29(25,26)13-18-15(3)28-20(22-18)16-7-9-17(27-4)10-8-16/h7-10H,5-6,11-14H2,1-4H3,(H,21,24). The van der Waals surface area contributed by atoms with E-state index in [1.165, 1.54) is 0 Å².